The molecule has 0 saturated heterocycles. The lowest BCUT2D eigenvalue weighted by Crippen LogP contribution is -1.98. The predicted molar refractivity (Wildman–Crippen MR) is 72.6 cm³/mol. The summed E-state index contributed by atoms with van der Waals surface area (Å²) in [5.41, 5.74) is -0.00702. The molecular formula is C11H9ClN4O5. The maximum absolute atomic E-state index is 11.0. The molecule has 2 rings (SSSR count). The number of benzene rings is 1. The zero-order valence-electron chi connectivity index (χ0n) is 10.7. The fourth-order valence-corrected chi connectivity index (χ4v) is 2.05. The van der Waals surface area contributed by atoms with Crippen LogP contribution in [0.25, 0.3) is 5.69 Å². The summed E-state index contributed by atoms with van der Waals surface area (Å²) in [6, 6.07) is 5.32. The van der Waals surface area contributed by atoms with Crippen molar-refractivity contribution in [3.05, 3.63) is 55.3 Å². The molecule has 1 aromatic heterocycles. The van der Waals surface area contributed by atoms with Crippen LogP contribution in [0.1, 0.15) is 5.69 Å². The summed E-state index contributed by atoms with van der Waals surface area (Å²) in [4.78, 5) is 20.4. The largest absolute Gasteiger partial charge is 0.378 e. The van der Waals surface area contributed by atoms with Gasteiger partial charge in [0.15, 0.2) is 5.69 Å². The van der Waals surface area contributed by atoms with Crippen molar-refractivity contribution in [3.63, 3.8) is 0 Å². The number of hydrogen-bond acceptors (Lipinski definition) is 6. The predicted octanol–water partition coefficient (Wildman–Crippen LogP) is 2.49. The molecule has 0 saturated carbocycles. The van der Waals surface area contributed by atoms with Gasteiger partial charge in [-0.1, -0.05) is 11.6 Å². The van der Waals surface area contributed by atoms with Crippen molar-refractivity contribution in [1.29, 1.82) is 0 Å². The summed E-state index contributed by atoms with van der Waals surface area (Å²) < 4.78 is 5.98. The molecule has 0 unspecified atom stereocenters. The lowest BCUT2D eigenvalue weighted by molar-refractivity contribution is -0.385. The van der Waals surface area contributed by atoms with Crippen LogP contribution in [0.3, 0.4) is 0 Å². The number of nitro benzene ring substituents is 1. The van der Waals surface area contributed by atoms with Gasteiger partial charge in [0.05, 0.1) is 22.1 Å². The van der Waals surface area contributed by atoms with Crippen molar-refractivity contribution in [2.24, 2.45) is 0 Å². The average molecular weight is 313 g/mol. The molecule has 0 N–H and O–H groups in total. The van der Waals surface area contributed by atoms with Crippen molar-refractivity contribution in [2.45, 2.75) is 6.61 Å². The van der Waals surface area contributed by atoms with Crippen molar-refractivity contribution < 1.29 is 14.6 Å². The molecule has 1 aromatic carbocycles. The molecule has 0 radical (unpaired) electrons. The van der Waals surface area contributed by atoms with Gasteiger partial charge in [-0.2, -0.15) is 5.10 Å². The third-order valence-electron chi connectivity index (χ3n) is 2.64. The third-order valence-corrected chi connectivity index (χ3v) is 2.98. The first-order valence-electron chi connectivity index (χ1n) is 5.61. The summed E-state index contributed by atoms with van der Waals surface area (Å²) in [7, 11) is 1.38. The molecule has 1 heterocycles. The molecule has 0 spiro atoms. The summed E-state index contributed by atoms with van der Waals surface area (Å²) in [6.45, 7) is -0.0734. The fourth-order valence-electron chi connectivity index (χ4n) is 1.73. The van der Waals surface area contributed by atoms with Crippen molar-refractivity contribution in [1.82, 2.24) is 9.78 Å². The average Bonchev–Trinajstić information content (AvgIpc) is 2.76. The Morgan fingerprint density at radius 3 is 2.33 bits per heavy atom. The molecule has 0 atom stereocenters. The SMILES string of the molecule is COCc1nn(-c2ccc([N+](=O)[O-])cc2)c(Cl)c1[N+](=O)[O-]. The number of methoxy groups -OCH3 is 1. The van der Waals surface area contributed by atoms with E-state index in [4.69, 9.17) is 16.3 Å². The van der Waals surface area contributed by atoms with E-state index in [1.165, 1.54) is 31.4 Å². The van der Waals surface area contributed by atoms with Gasteiger partial charge in [0.25, 0.3) is 5.69 Å². The van der Waals surface area contributed by atoms with Crippen LogP contribution in [0, 0.1) is 20.2 Å². The highest BCUT2D eigenvalue weighted by Gasteiger charge is 2.27. The van der Waals surface area contributed by atoms with Gasteiger partial charge < -0.3 is 4.74 Å². The molecule has 0 aliphatic heterocycles. The first kappa shape index (κ1) is 14.9. The van der Waals surface area contributed by atoms with Crippen LogP contribution in [0.5, 0.6) is 0 Å². The molecule has 0 aliphatic carbocycles. The highest BCUT2D eigenvalue weighted by molar-refractivity contribution is 6.32. The lowest BCUT2D eigenvalue weighted by atomic mass is 10.3. The summed E-state index contributed by atoms with van der Waals surface area (Å²) in [5, 5.41) is 25.4. The van der Waals surface area contributed by atoms with E-state index in [2.05, 4.69) is 5.10 Å². The molecule has 21 heavy (non-hydrogen) atoms. The Hall–Kier alpha value is -2.52. The number of hydrogen-bond donors (Lipinski definition) is 0. The number of aromatic nitrogens is 2. The topological polar surface area (TPSA) is 113 Å². The minimum atomic E-state index is -0.647. The van der Waals surface area contributed by atoms with Crippen LogP contribution >= 0.6 is 11.6 Å². The van der Waals surface area contributed by atoms with E-state index < -0.39 is 9.85 Å². The van der Waals surface area contributed by atoms with Crippen LogP contribution in [0.15, 0.2) is 24.3 Å². The second-order valence-corrected chi connectivity index (χ2v) is 4.32. The highest BCUT2D eigenvalue weighted by atomic mass is 35.5. The number of rotatable bonds is 5. The van der Waals surface area contributed by atoms with E-state index in [1.807, 2.05) is 0 Å². The standard InChI is InChI=1S/C11H9ClN4O5/c1-21-6-9-10(16(19)20)11(12)14(13-9)7-2-4-8(5-3-7)15(17)18/h2-5H,6H2,1H3. The van der Waals surface area contributed by atoms with Crippen molar-refractivity contribution in [2.75, 3.05) is 7.11 Å². The Labute approximate surface area is 123 Å². The van der Waals surface area contributed by atoms with Gasteiger partial charge in [-0.3, -0.25) is 20.2 Å². The van der Waals surface area contributed by atoms with E-state index in [1.54, 1.807) is 0 Å². The van der Waals surface area contributed by atoms with Crippen LogP contribution in [-0.2, 0) is 11.3 Å². The second-order valence-electron chi connectivity index (χ2n) is 3.96. The molecule has 0 fully saturated rings. The smallest absolute Gasteiger partial charge is 0.331 e. The third kappa shape index (κ3) is 2.83. The van der Waals surface area contributed by atoms with Gasteiger partial charge in [-0.15, -0.1) is 0 Å². The molecule has 0 bridgehead atoms. The van der Waals surface area contributed by atoms with Gasteiger partial charge in [0.1, 0.15) is 0 Å². The summed E-state index contributed by atoms with van der Waals surface area (Å²) in [6.07, 6.45) is 0. The first-order valence-corrected chi connectivity index (χ1v) is 5.99. The van der Waals surface area contributed by atoms with Crippen molar-refractivity contribution in [3.8, 4) is 5.69 Å². The Balaban J connectivity index is 2.51. The normalized spacial score (nSPS) is 10.6. The number of nitro groups is 2. The van der Waals surface area contributed by atoms with Gasteiger partial charge in [0.2, 0.25) is 5.15 Å². The van der Waals surface area contributed by atoms with E-state index in [9.17, 15) is 20.2 Å². The fraction of sp³-hybridized carbons (Fsp3) is 0.182. The monoisotopic (exact) mass is 312 g/mol. The van der Waals surface area contributed by atoms with E-state index in [-0.39, 0.29) is 28.8 Å². The molecular weight excluding hydrogens is 304 g/mol. The Morgan fingerprint density at radius 1 is 1.24 bits per heavy atom. The van der Waals surface area contributed by atoms with Gasteiger partial charge in [-0.25, -0.2) is 4.68 Å². The Morgan fingerprint density at radius 2 is 1.86 bits per heavy atom. The quantitative estimate of drug-likeness (QED) is 0.619. The minimum absolute atomic E-state index is 0.0734. The van der Waals surface area contributed by atoms with Gasteiger partial charge in [-0.05, 0) is 12.1 Å². The number of ether oxygens (including phenoxy) is 1. The second kappa shape index (κ2) is 5.85. The van der Waals surface area contributed by atoms with E-state index in [0.29, 0.717) is 5.69 Å². The molecule has 110 valence electrons. The van der Waals surface area contributed by atoms with Gasteiger partial charge in [0, 0.05) is 19.2 Å². The maximum atomic E-state index is 11.0. The Kier molecular flexibility index (Phi) is 4.15. The lowest BCUT2D eigenvalue weighted by Gasteiger charge is -2.01. The van der Waals surface area contributed by atoms with Crippen LogP contribution in [0.4, 0.5) is 11.4 Å². The maximum Gasteiger partial charge on any atom is 0.331 e. The molecule has 2 aromatic rings. The highest BCUT2D eigenvalue weighted by Crippen LogP contribution is 2.31. The van der Waals surface area contributed by atoms with Crippen LogP contribution < -0.4 is 0 Å². The Bertz CT molecular complexity index is 697. The molecule has 10 heteroatoms. The zero-order chi connectivity index (χ0) is 15.6. The minimum Gasteiger partial charge on any atom is -0.378 e. The number of nitrogens with zero attached hydrogens (tertiary/aromatic N) is 4. The van der Waals surface area contributed by atoms with E-state index >= 15 is 0 Å². The van der Waals surface area contributed by atoms with Crippen LogP contribution in [0.2, 0.25) is 5.15 Å². The molecule has 9 nitrogen and oxygen atoms in total. The van der Waals surface area contributed by atoms with Gasteiger partial charge >= 0.3 is 5.69 Å². The summed E-state index contributed by atoms with van der Waals surface area (Å²) >= 11 is 5.97. The zero-order valence-corrected chi connectivity index (χ0v) is 11.5. The molecule has 0 amide bonds. The molecule has 0 aliphatic rings. The van der Waals surface area contributed by atoms with Crippen LogP contribution in [-0.4, -0.2) is 26.7 Å². The first-order chi connectivity index (χ1) is 9.95. The van der Waals surface area contributed by atoms with Crippen molar-refractivity contribution >= 4 is 23.0 Å². The number of non-ortho nitro benzene ring substituents is 1. The van der Waals surface area contributed by atoms with E-state index in [0.717, 1.165) is 4.68 Å². The summed E-state index contributed by atoms with van der Waals surface area (Å²) in [5.74, 6) is 0. The number of halogens is 1.